The molecule has 0 bridgehead atoms. The van der Waals surface area contributed by atoms with Crippen LogP contribution in [0.3, 0.4) is 0 Å². The lowest BCUT2D eigenvalue weighted by atomic mass is 10.0. The van der Waals surface area contributed by atoms with E-state index in [0.29, 0.717) is 16.8 Å². The van der Waals surface area contributed by atoms with Crippen molar-refractivity contribution in [1.29, 1.82) is 0 Å². The standard InChI is InChI=1S/C25H16ClF3N2O4/c26-19-12-16(25(27,28)29)7-9-18(19)14-3-5-15(6-4-14)23(33)30-17-8-10-21(32)20(13-17)31-24(34)22-2-1-11-35-22/h1-13,32H,(H,30,33)(H,31,34). The highest BCUT2D eigenvalue weighted by atomic mass is 35.5. The quantitative estimate of drug-likeness (QED) is 0.207. The fraction of sp³-hybridized carbons (Fsp3) is 0.0400. The molecule has 3 N–H and O–H groups in total. The number of phenolic OH excluding ortho intramolecular Hbond substituents is 1. The number of phenols is 1. The first-order valence-corrected chi connectivity index (χ1v) is 10.5. The fourth-order valence-corrected chi connectivity index (χ4v) is 3.53. The van der Waals surface area contributed by atoms with Crippen molar-refractivity contribution in [2.24, 2.45) is 0 Å². The maximum absolute atomic E-state index is 12.9. The summed E-state index contributed by atoms with van der Waals surface area (Å²) in [7, 11) is 0. The molecular formula is C25H16ClF3N2O4. The molecule has 0 aliphatic rings. The zero-order valence-corrected chi connectivity index (χ0v) is 18.4. The molecule has 2 amide bonds. The molecule has 4 rings (SSSR count). The molecule has 0 saturated heterocycles. The third kappa shape index (κ3) is 5.47. The van der Waals surface area contributed by atoms with Crippen LogP contribution in [0.25, 0.3) is 11.1 Å². The molecule has 1 heterocycles. The smallest absolute Gasteiger partial charge is 0.416 e. The molecule has 0 saturated carbocycles. The maximum atomic E-state index is 12.9. The second-order valence-corrected chi connectivity index (χ2v) is 7.79. The molecule has 0 spiro atoms. The lowest BCUT2D eigenvalue weighted by molar-refractivity contribution is -0.137. The third-order valence-corrected chi connectivity index (χ3v) is 5.31. The van der Waals surface area contributed by atoms with E-state index >= 15 is 0 Å². The van der Waals surface area contributed by atoms with Gasteiger partial charge in [0.1, 0.15) is 5.75 Å². The summed E-state index contributed by atoms with van der Waals surface area (Å²) in [4.78, 5) is 24.8. The number of carbonyl (C=O) groups excluding carboxylic acids is 2. The summed E-state index contributed by atoms with van der Waals surface area (Å²) in [5.41, 5.74) is 0.714. The molecule has 0 atom stereocenters. The molecule has 1 aromatic heterocycles. The van der Waals surface area contributed by atoms with Gasteiger partial charge in [0.25, 0.3) is 11.8 Å². The Morgan fingerprint density at radius 1 is 0.886 bits per heavy atom. The highest BCUT2D eigenvalue weighted by Gasteiger charge is 2.31. The summed E-state index contributed by atoms with van der Waals surface area (Å²) < 4.78 is 43.6. The van der Waals surface area contributed by atoms with E-state index in [0.717, 1.165) is 12.1 Å². The predicted molar refractivity (Wildman–Crippen MR) is 125 cm³/mol. The average molecular weight is 501 g/mol. The minimum absolute atomic E-state index is 0.0482. The Morgan fingerprint density at radius 3 is 2.26 bits per heavy atom. The minimum atomic E-state index is -4.50. The van der Waals surface area contributed by atoms with E-state index in [4.69, 9.17) is 16.0 Å². The highest BCUT2D eigenvalue weighted by Crippen LogP contribution is 2.35. The van der Waals surface area contributed by atoms with Crippen molar-refractivity contribution >= 4 is 34.8 Å². The van der Waals surface area contributed by atoms with Gasteiger partial charge in [-0.15, -0.1) is 0 Å². The van der Waals surface area contributed by atoms with Crippen molar-refractivity contribution in [1.82, 2.24) is 0 Å². The van der Waals surface area contributed by atoms with Crippen molar-refractivity contribution in [3.63, 3.8) is 0 Å². The highest BCUT2D eigenvalue weighted by molar-refractivity contribution is 6.33. The second kappa shape index (κ2) is 9.55. The van der Waals surface area contributed by atoms with Crippen molar-refractivity contribution < 1.29 is 32.3 Å². The summed E-state index contributed by atoms with van der Waals surface area (Å²) >= 11 is 6.04. The molecular weight excluding hydrogens is 485 g/mol. The Morgan fingerprint density at radius 2 is 1.63 bits per heavy atom. The van der Waals surface area contributed by atoms with Crippen LogP contribution in [0, 0.1) is 0 Å². The number of benzene rings is 3. The number of anilines is 2. The first-order chi connectivity index (χ1) is 16.6. The Balaban J connectivity index is 1.48. The van der Waals surface area contributed by atoms with Crippen LogP contribution in [0.5, 0.6) is 5.75 Å². The van der Waals surface area contributed by atoms with Crippen LogP contribution in [0.2, 0.25) is 5.02 Å². The fourth-order valence-electron chi connectivity index (χ4n) is 3.24. The van der Waals surface area contributed by atoms with Crippen LogP contribution >= 0.6 is 11.6 Å². The van der Waals surface area contributed by atoms with Gasteiger partial charge in [-0.2, -0.15) is 13.2 Å². The van der Waals surface area contributed by atoms with E-state index in [1.807, 2.05) is 0 Å². The number of nitrogens with one attached hydrogen (secondary N) is 2. The molecule has 35 heavy (non-hydrogen) atoms. The molecule has 178 valence electrons. The zero-order chi connectivity index (χ0) is 25.2. The molecule has 0 aliphatic carbocycles. The number of carbonyl (C=O) groups is 2. The largest absolute Gasteiger partial charge is 0.506 e. The van der Waals surface area contributed by atoms with Crippen molar-refractivity contribution in [3.05, 3.63) is 101 Å². The monoisotopic (exact) mass is 500 g/mol. The van der Waals surface area contributed by atoms with Gasteiger partial charge in [-0.05, 0) is 60.2 Å². The number of hydrogen-bond acceptors (Lipinski definition) is 4. The average Bonchev–Trinajstić information content (AvgIpc) is 3.36. The number of halogens is 4. The van der Waals surface area contributed by atoms with Gasteiger partial charge in [0.2, 0.25) is 0 Å². The van der Waals surface area contributed by atoms with Gasteiger partial charge in [-0.25, -0.2) is 0 Å². The van der Waals surface area contributed by atoms with Crippen LogP contribution in [0.1, 0.15) is 26.5 Å². The first kappa shape index (κ1) is 23.9. The molecule has 4 aromatic rings. The Kier molecular flexibility index (Phi) is 6.52. The summed E-state index contributed by atoms with van der Waals surface area (Å²) in [6.07, 6.45) is -3.16. The predicted octanol–water partition coefficient (Wildman–Crippen LogP) is 6.83. The van der Waals surface area contributed by atoms with E-state index in [9.17, 15) is 27.9 Å². The Hall–Kier alpha value is -4.24. The summed E-state index contributed by atoms with van der Waals surface area (Å²) in [6, 6.07) is 16.3. The third-order valence-electron chi connectivity index (χ3n) is 5.00. The van der Waals surface area contributed by atoms with Crippen molar-refractivity contribution in [2.75, 3.05) is 10.6 Å². The van der Waals surface area contributed by atoms with Gasteiger partial charge >= 0.3 is 6.18 Å². The normalized spacial score (nSPS) is 11.2. The molecule has 3 aromatic carbocycles. The molecule has 0 aliphatic heterocycles. The first-order valence-electron chi connectivity index (χ1n) is 10.1. The summed E-state index contributed by atoms with van der Waals surface area (Å²) in [5, 5.41) is 15.1. The van der Waals surface area contributed by atoms with Gasteiger partial charge in [-0.1, -0.05) is 29.8 Å². The van der Waals surface area contributed by atoms with E-state index in [2.05, 4.69) is 10.6 Å². The van der Waals surface area contributed by atoms with Crippen LogP contribution in [0.4, 0.5) is 24.5 Å². The van der Waals surface area contributed by atoms with Gasteiger partial charge < -0.3 is 20.2 Å². The van der Waals surface area contributed by atoms with Gasteiger partial charge in [0, 0.05) is 21.8 Å². The molecule has 0 radical (unpaired) electrons. The lowest BCUT2D eigenvalue weighted by Gasteiger charge is -2.12. The van der Waals surface area contributed by atoms with Gasteiger partial charge in [-0.3, -0.25) is 9.59 Å². The summed E-state index contributed by atoms with van der Waals surface area (Å²) in [5.74, 6) is -1.22. The van der Waals surface area contributed by atoms with E-state index in [1.165, 1.54) is 48.7 Å². The number of aromatic hydroxyl groups is 1. The van der Waals surface area contributed by atoms with Gasteiger partial charge in [0.05, 0.1) is 17.5 Å². The van der Waals surface area contributed by atoms with Crippen molar-refractivity contribution in [2.45, 2.75) is 6.18 Å². The van der Waals surface area contributed by atoms with Crippen LogP contribution in [0.15, 0.2) is 83.5 Å². The van der Waals surface area contributed by atoms with Crippen LogP contribution in [-0.4, -0.2) is 16.9 Å². The minimum Gasteiger partial charge on any atom is -0.506 e. The van der Waals surface area contributed by atoms with Gasteiger partial charge in [0.15, 0.2) is 5.76 Å². The number of amides is 2. The number of furan rings is 1. The maximum Gasteiger partial charge on any atom is 0.416 e. The molecule has 0 fully saturated rings. The number of hydrogen-bond donors (Lipinski definition) is 3. The summed E-state index contributed by atoms with van der Waals surface area (Å²) in [6.45, 7) is 0. The van der Waals surface area contributed by atoms with Crippen LogP contribution in [-0.2, 0) is 6.18 Å². The SMILES string of the molecule is O=C(Nc1ccc(O)c(NC(=O)c2ccco2)c1)c1ccc(-c2ccc(C(F)(F)F)cc2Cl)cc1. The molecule has 0 unspecified atom stereocenters. The van der Waals surface area contributed by atoms with Crippen LogP contribution < -0.4 is 10.6 Å². The van der Waals surface area contributed by atoms with Crippen molar-refractivity contribution in [3.8, 4) is 16.9 Å². The van der Waals surface area contributed by atoms with E-state index in [1.54, 1.807) is 18.2 Å². The second-order valence-electron chi connectivity index (χ2n) is 7.39. The molecule has 6 nitrogen and oxygen atoms in total. The Bertz CT molecular complexity index is 1390. The van der Waals surface area contributed by atoms with E-state index in [-0.39, 0.29) is 27.8 Å². The topological polar surface area (TPSA) is 91.6 Å². The van der Waals surface area contributed by atoms with E-state index < -0.39 is 23.6 Å². The lowest BCUT2D eigenvalue weighted by Crippen LogP contribution is -2.13. The zero-order valence-electron chi connectivity index (χ0n) is 17.7. The number of alkyl halides is 3. The molecule has 10 heteroatoms. The Labute approximate surface area is 202 Å². The number of rotatable bonds is 5.